The fraction of sp³-hybridized carbons (Fsp3) is 0.647. The molecular weight excluding hydrogens is 622 g/mol. The Kier molecular flexibility index (Phi) is 14.1. The number of likely N-dealkylation sites (tertiary alicyclic amines) is 1. The molecule has 4 N–H and O–H groups in total. The molecule has 2 aromatic rings. The lowest BCUT2D eigenvalue weighted by molar-refractivity contribution is -0.144. The summed E-state index contributed by atoms with van der Waals surface area (Å²) in [5.41, 5.74) is 4.14. The Morgan fingerprint density at radius 1 is 1.06 bits per heavy atom. The van der Waals surface area contributed by atoms with Crippen LogP contribution >= 0.6 is 11.3 Å². The van der Waals surface area contributed by atoms with Crippen molar-refractivity contribution in [2.75, 3.05) is 52.7 Å². The first-order chi connectivity index (χ1) is 22.5. The van der Waals surface area contributed by atoms with E-state index < -0.39 is 29.5 Å². The van der Waals surface area contributed by atoms with Crippen molar-refractivity contribution >= 4 is 29.1 Å². The van der Waals surface area contributed by atoms with Gasteiger partial charge in [0, 0.05) is 25.9 Å². The highest BCUT2D eigenvalue weighted by Crippen LogP contribution is 2.28. The van der Waals surface area contributed by atoms with Crippen LogP contribution in [0.1, 0.15) is 57.7 Å². The Balaban J connectivity index is 1.20. The van der Waals surface area contributed by atoms with Crippen LogP contribution in [0.25, 0.3) is 10.4 Å². The van der Waals surface area contributed by atoms with E-state index in [0.717, 1.165) is 47.6 Å². The highest BCUT2D eigenvalue weighted by molar-refractivity contribution is 7.13. The standard InChI is InChI=1S/C34H51N5O7S/c1-23-30(47-22-37-23)25-7-5-24(6-8-25)20-36-32(42)28-19-26(40)21-39(28)33(43)31(34(2,3)4)38-29(41)11-14-44-15-16-45-17-18-46-27-9-12-35-13-10-27/h5-8,22,26-28,31,35,40H,9-21H2,1-4H3,(H,36,42)(H,38,41)/t26-,28+,31-/m1/s1. The maximum atomic E-state index is 13.8. The van der Waals surface area contributed by atoms with Gasteiger partial charge in [0.15, 0.2) is 0 Å². The Labute approximate surface area is 281 Å². The third kappa shape index (κ3) is 11.3. The molecule has 2 aliphatic heterocycles. The van der Waals surface area contributed by atoms with Crippen LogP contribution in [-0.4, -0.2) is 110 Å². The minimum atomic E-state index is -0.887. The molecule has 1 aromatic carbocycles. The van der Waals surface area contributed by atoms with Crippen molar-refractivity contribution in [3.8, 4) is 10.4 Å². The van der Waals surface area contributed by atoms with Gasteiger partial charge in [-0.1, -0.05) is 45.0 Å². The maximum absolute atomic E-state index is 13.8. The summed E-state index contributed by atoms with van der Waals surface area (Å²) in [5.74, 6) is -1.06. The number of rotatable bonds is 16. The van der Waals surface area contributed by atoms with E-state index in [1.54, 1.807) is 11.3 Å². The number of amides is 3. The number of carbonyl (C=O) groups excluding carboxylic acids is 3. The molecule has 2 aliphatic rings. The fourth-order valence-electron chi connectivity index (χ4n) is 5.74. The van der Waals surface area contributed by atoms with Crippen LogP contribution in [0.5, 0.6) is 0 Å². The molecule has 0 saturated carbocycles. The molecule has 0 radical (unpaired) electrons. The number of nitrogens with one attached hydrogen (secondary N) is 3. The van der Waals surface area contributed by atoms with Crippen molar-refractivity contribution in [1.82, 2.24) is 25.8 Å². The Morgan fingerprint density at radius 3 is 2.40 bits per heavy atom. The number of benzene rings is 1. The molecule has 13 heteroatoms. The lowest BCUT2D eigenvalue weighted by Gasteiger charge is -2.35. The number of β-amino-alcohol motifs (C(OH)–C–C–N with tert-alkyl or cyclic N) is 1. The number of aliphatic hydroxyl groups excluding tert-OH is 1. The minimum absolute atomic E-state index is 0.0221. The topological polar surface area (TPSA) is 151 Å². The number of nitrogens with zero attached hydrogens (tertiary/aromatic N) is 2. The van der Waals surface area contributed by atoms with Crippen LogP contribution < -0.4 is 16.0 Å². The van der Waals surface area contributed by atoms with Gasteiger partial charge in [-0.25, -0.2) is 4.98 Å². The number of thiazole rings is 1. The lowest BCUT2D eigenvalue weighted by atomic mass is 9.85. The highest BCUT2D eigenvalue weighted by atomic mass is 32.1. The van der Waals surface area contributed by atoms with Gasteiger partial charge in [-0.05, 0) is 49.4 Å². The second kappa shape index (κ2) is 18.0. The molecule has 0 bridgehead atoms. The first kappa shape index (κ1) is 36.9. The summed E-state index contributed by atoms with van der Waals surface area (Å²) in [7, 11) is 0. The van der Waals surface area contributed by atoms with Gasteiger partial charge >= 0.3 is 0 Å². The minimum Gasteiger partial charge on any atom is -0.391 e. The molecular formula is C34H51N5O7S. The molecule has 1 aromatic heterocycles. The van der Waals surface area contributed by atoms with Crippen LogP contribution in [0.3, 0.4) is 0 Å². The van der Waals surface area contributed by atoms with Crippen LogP contribution in [0.4, 0.5) is 0 Å². The van der Waals surface area contributed by atoms with Crippen LogP contribution in [-0.2, 0) is 35.1 Å². The van der Waals surface area contributed by atoms with E-state index in [2.05, 4.69) is 20.9 Å². The molecule has 3 amide bonds. The number of aromatic nitrogens is 1. The molecule has 260 valence electrons. The Morgan fingerprint density at radius 2 is 1.74 bits per heavy atom. The number of piperidine rings is 1. The number of aliphatic hydroxyl groups is 1. The summed E-state index contributed by atoms with van der Waals surface area (Å²) in [6.07, 6.45) is 1.71. The molecule has 0 spiro atoms. The zero-order chi connectivity index (χ0) is 33.8. The predicted molar refractivity (Wildman–Crippen MR) is 180 cm³/mol. The van der Waals surface area contributed by atoms with Gasteiger partial charge in [0.05, 0.1) is 61.3 Å². The van der Waals surface area contributed by atoms with Crippen molar-refractivity contribution in [2.45, 2.75) is 84.2 Å². The van der Waals surface area contributed by atoms with Crippen molar-refractivity contribution in [3.63, 3.8) is 0 Å². The van der Waals surface area contributed by atoms with Crippen molar-refractivity contribution in [2.24, 2.45) is 5.41 Å². The monoisotopic (exact) mass is 673 g/mol. The molecule has 3 atom stereocenters. The van der Waals surface area contributed by atoms with Gasteiger partial charge in [-0.15, -0.1) is 11.3 Å². The van der Waals surface area contributed by atoms with Crippen molar-refractivity contribution in [3.05, 3.63) is 41.0 Å². The number of hydrogen-bond acceptors (Lipinski definition) is 10. The first-order valence-corrected chi connectivity index (χ1v) is 17.4. The van der Waals surface area contributed by atoms with Gasteiger partial charge in [0.2, 0.25) is 17.7 Å². The number of ether oxygens (including phenoxy) is 3. The second-order valence-corrected chi connectivity index (χ2v) is 14.1. The second-order valence-electron chi connectivity index (χ2n) is 13.2. The zero-order valence-corrected chi connectivity index (χ0v) is 28.9. The summed E-state index contributed by atoms with van der Waals surface area (Å²) in [6.45, 7) is 11.8. The third-order valence-corrected chi connectivity index (χ3v) is 9.40. The lowest BCUT2D eigenvalue weighted by Crippen LogP contribution is -2.57. The van der Waals surface area contributed by atoms with Gasteiger partial charge in [0.25, 0.3) is 0 Å². The molecule has 3 heterocycles. The summed E-state index contributed by atoms with van der Waals surface area (Å²) >= 11 is 1.58. The summed E-state index contributed by atoms with van der Waals surface area (Å²) < 4.78 is 16.9. The molecule has 2 saturated heterocycles. The van der Waals surface area contributed by atoms with Gasteiger partial charge in [-0.2, -0.15) is 0 Å². The van der Waals surface area contributed by atoms with Gasteiger partial charge in [0.1, 0.15) is 12.1 Å². The van der Waals surface area contributed by atoms with E-state index in [1.165, 1.54) is 4.90 Å². The quantitative estimate of drug-likeness (QED) is 0.197. The smallest absolute Gasteiger partial charge is 0.246 e. The summed E-state index contributed by atoms with van der Waals surface area (Å²) in [4.78, 5) is 46.7. The van der Waals surface area contributed by atoms with E-state index in [9.17, 15) is 19.5 Å². The van der Waals surface area contributed by atoms with Crippen LogP contribution in [0.15, 0.2) is 29.8 Å². The van der Waals surface area contributed by atoms with E-state index in [-0.39, 0.29) is 44.4 Å². The highest BCUT2D eigenvalue weighted by Gasteiger charge is 2.44. The van der Waals surface area contributed by atoms with Crippen LogP contribution in [0, 0.1) is 12.3 Å². The average molecular weight is 674 g/mol. The van der Waals surface area contributed by atoms with Crippen molar-refractivity contribution < 1.29 is 33.7 Å². The number of hydrogen-bond donors (Lipinski definition) is 4. The Bertz CT molecular complexity index is 1290. The van der Waals surface area contributed by atoms with E-state index >= 15 is 0 Å². The van der Waals surface area contributed by atoms with E-state index in [1.807, 2.05) is 57.5 Å². The average Bonchev–Trinajstić information content (AvgIpc) is 3.66. The van der Waals surface area contributed by atoms with Gasteiger partial charge in [-0.3, -0.25) is 14.4 Å². The third-order valence-electron chi connectivity index (χ3n) is 8.42. The molecule has 0 aliphatic carbocycles. The number of aryl methyl sites for hydroxylation is 1. The zero-order valence-electron chi connectivity index (χ0n) is 28.1. The SMILES string of the molecule is Cc1ncsc1-c1ccc(CNC(=O)[C@@H]2C[C@@H](O)CN2C(=O)[C@@H](NC(=O)CCOCCOCCOC2CCNCC2)C(C)(C)C)cc1. The number of carbonyl (C=O) groups is 3. The fourth-order valence-corrected chi connectivity index (χ4v) is 6.55. The Hall–Kier alpha value is -2.94. The molecule has 4 rings (SSSR count). The molecule has 0 unspecified atom stereocenters. The normalized spacial score (nSPS) is 19.5. The molecule has 47 heavy (non-hydrogen) atoms. The van der Waals surface area contributed by atoms with E-state index in [0.29, 0.717) is 32.5 Å². The molecule has 2 fully saturated rings. The maximum Gasteiger partial charge on any atom is 0.246 e. The first-order valence-electron chi connectivity index (χ1n) is 16.6. The predicted octanol–water partition coefficient (Wildman–Crippen LogP) is 2.42. The largest absolute Gasteiger partial charge is 0.391 e. The van der Waals surface area contributed by atoms with Gasteiger partial charge < -0.3 is 40.2 Å². The van der Waals surface area contributed by atoms with Crippen LogP contribution in [0.2, 0.25) is 0 Å². The summed E-state index contributed by atoms with van der Waals surface area (Å²) in [6, 6.07) is 6.18. The molecule has 12 nitrogen and oxygen atoms in total. The summed E-state index contributed by atoms with van der Waals surface area (Å²) in [5, 5.41) is 19.5. The van der Waals surface area contributed by atoms with Crippen molar-refractivity contribution in [1.29, 1.82) is 0 Å². The van der Waals surface area contributed by atoms with E-state index in [4.69, 9.17) is 14.2 Å².